The van der Waals surface area contributed by atoms with E-state index in [2.05, 4.69) is 34.6 Å². The fourth-order valence-corrected chi connectivity index (χ4v) is 17.0. The molecule has 9 unspecified atom stereocenters. The zero-order valence-corrected chi connectivity index (χ0v) is 77.6. The first-order valence-corrected chi connectivity index (χ1v) is 48.7. The topological polar surface area (TPSA) is 257 Å². The van der Waals surface area contributed by atoms with Gasteiger partial charge in [0.15, 0.2) is 23.1 Å². The number of esters is 5. The number of aliphatic hydroxyl groups is 1. The van der Waals surface area contributed by atoms with Crippen LogP contribution in [0.25, 0.3) is 0 Å². The van der Waals surface area contributed by atoms with Gasteiger partial charge in [-0.25, -0.2) is 0 Å². The summed E-state index contributed by atoms with van der Waals surface area (Å²) in [6.07, 6.45) is 57.2. The summed E-state index contributed by atoms with van der Waals surface area (Å²) < 4.78 is 26.8. The van der Waals surface area contributed by atoms with Crippen LogP contribution < -0.4 is 9.47 Å². The molecule has 0 aromatic heterocycles. The average Bonchev–Trinajstić information content (AvgIpc) is 1.77. The molecule has 17 nitrogen and oxygen atoms in total. The van der Waals surface area contributed by atoms with Crippen LogP contribution >= 0.6 is 0 Å². The quantitative estimate of drug-likeness (QED) is 0.0137. The first-order chi connectivity index (χ1) is 59.5. The van der Waals surface area contributed by atoms with Crippen molar-refractivity contribution < 1.29 is 81.8 Å². The van der Waals surface area contributed by atoms with Crippen molar-refractivity contribution in [1.29, 1.82) is 0 Å². The van der Waals surface area contributed by atoms with E-state index in [1.165, 1.54) is 225 Å². The van der Waals surface area contributed by atoms with E-state index in [0.717, 1.165) is 75.3 Å². The molecule has 9 atom stereocenters. The van der Waals surface area contributed by atoms with Crippen molar-refractivity contribution in [3.8, 4) is 11.5 Å². The number of rotatable bonds is 70. The van der Waals surface area contributed by atoms with Gasteiger partial charge in [-0.3, -0.25) is 47.9 Å². The van der Waals surface area contributed by atoms with Gasteiger partial charge in [0.1, 0.15) is 31.3 Å². The van der Waals surface area contributed by atoms with Crippen LogP contribution in [-0.2, 0) is 43.0 Å². The van der Waals surface area contributed by atoms with Gasteiger partial charge in [-0.2, -0.15) is 0 Å². The van der Waals surface area contributed by atoms with Crippen molar-refractivity contribution in [2.45, 2.75) is 383 Å². The van der Waals surface area contributed by atoms with Gasteiger partial charge in [0, 0.05) is 22.3 Å². The number of Topliss-reactive ketones (excluding diaryl/α,β-unsaturated/α-hetero) is 4. The number of hydrogen-bond acceptors (Lipinski definition) is 16. The fraction of sp³-hybridized carbons (Fsp3) is 0.679. The molecule has 2 N–H and O–H groups in total. The van der Waals surface area contributed by atoms with Gasteiger partial charge in [-0.15, -0.1) is 0 Å². The van der Waals surface area contributed by atoms with E-state index in [9.17, 15) is 53.1 Å². The Hall–Kier alpha value is -7.66. The molecule has 123 heavy (non-hydrogen) atoms. The number of carbonyl (C=O) groups excluding carboxylic acids is 9. The lowest BCUT2D eigenvalue weighted by molar-refractivity contribution is -0.162. The minimum Gasteiger partial charge on any atom is -0.491 e. The number of aryl methyl sites for hydroxylation is 2. The Morgan fingerprint density at radius 1 is 0.358 bits per heavy atom. The third-order valence-electron chi connectivity index (χ3n) is 25.1. The number of aliphatic hydroxyl groups excluding tert-OH is 1. The molecular formula is C106H162O17. The summed E-state index contributed by atoms with van der Waals surface area (Å²) in [7, 11) is 0. The van der Waals surface area contributed by atoms with Crippen LogP contribution in [0, 0.1) is 67.1 Å². The lowest BCUT2D eigenvalue weighted by Crippen LogP contribution is -2.39. The molecule has 0 saturated carbocycles. The predicted molar refractivity (Wildman–Crippen MR) is 493 cm³/mol. The van der Waals surface area contributed by atoms with Crippen molar-refractivity contribution in [2.24, 2.45) is 53.3 Å². The number of unbranched alkanes of at least 4 members (excludes halogenated alkanes) is 39. The molecule has 2 saturated heterocycles. The van der Waals surface area contributed by atoms with Gasteiger partial charge >= 0.3 is 35.8 Å². The van der Waals surface area contributed by atoms with Crippen LogP contribution in [0.3, 0.4) is 0 Å². The van der Waals surface area contributed by atoms with E-state index in [4.69, 9.17) is 28.8 Å². The SMILES string of the molecule is CCCCCCCCCCCCCCCCC(C)CC(C(=O)OCCOc1ccc(C(=O)CC(=O)c2ccc(C)cc2)cc1)C(C(=O)O)C(CCCCCCCCCCCCCCCC)CC1C(=O)OC(=O)C1C.CCCCCCCCCCCCCCCCC(C)CC1C(=O)OC(=O)C1C.Cc1ccc(C(=O)CC(=O)c2ccc(OCCO)cc2)cc1. The lowest BCUT2D eigenvalue weighted by atomic mass is 9.71. The van der Waals surface area contributed by atoms with E-state index in [-0.39, 0.29) is 98.5 Å². The normalized spacial score (nSPS) is 16.1. The Kier molecular flexibility index (Phi) is 58.4. The lowest BCUT2D eigenvalue weighted by Gasteiger charge is -2.32. The molecule has 2 fully saturated rings. The van der Waals surface area contributed by atoms with E-state index in [0.29, 0.717) is 52.5 Å². The van der Waals surface area contributed by atoms with Crippen molar-refractivity contribution in [3.05, 3.63) is 130 Å². The number of carbonyl (C=O) groups is 10. The summed E-state index contributed by atoms with van der Waals surface area (Å²) in [6, 6.07) is 27.3. The molecule has 0 radical (unpaired) electrons. The Morgan fingerprint density at radius 2 is 0.642 bits per heavy atom. The number of carboxylic acid groups (broad SMARTS) is 1. The minimum atomic E-state index is -1.12. The molecule has 0 bridgehead atoms. The van der Waals surface area contributed by atoms with Gasteiger partial charge in [0.2, 0.25) is 0 Å². The Bertz CT molecular complexity index is 3560. The third kappa shape index (κ3) is 46.9. The second-order valence-corrected chi connectivity index (χ2v) is 36.0. The molecule has 0 spiro atoms. The maximum atomic E-state index is 14.3. The first-order valence-electron chi connectivity index (χ1n) is 48.7. The van der Waals surface area contributed by atoms with Gasteiger partial charge < -0.3 is 33.9 Å². The first kappa shape index (κ1) is 108. The summed E-state index contributed by atoms with van der Waals surface area (Å²) in [5.74, 6) is -7.50. The van der Waals surface area contributed by atoms with E-state index < -0.39 is 53.5 Å². The zero-order valence-electron chi connectivity index (χ0n) is 77.6. The number of aliphatic carboxylic acids is 1. The zero-order chi connectivity index (χ0) is 89.6. The van der Waals surface area contributed by atoms with Crippen LogP contribution in [0.15, 0.2) is 97.1 Å². The second kappa shape index (κ2) is 66.7. The molecule has 688 valence electrons. The van der Waals surface area contributed by atoms with Crippen molar-refractivity contribution in [3.63, 3.8) is 0 Å². The Morgan fingerprint density at radius 3 is 0.943 bits per heavy atom. The summed E-state index contributed by atoms with van der Waals surface area (Å²) in [6.45, 7) is 18.5. The van der Waals surface area contributed by atoms with Crippen LogP contribution in [0.1, 0.15) is 422 Å². The Balaban J connectivity index is 0.000000519. The molecule has 6 rings (SSSR count). The molecule has 17 heteroatoms. The van der Waals surface area contributed by atoms with Gasteiger partial charge in [0.25, 0.3) is 0 Å². The van der Waals surface area contributed by atoms with Gasteiger partial charge in [-0.05, 0) is 106 Å². The number of carboxylic acids is 1. The van der Waals surface area contributed by atoms with E-state index in [1.54, 1.807) is 79.7 Å². The molecular weight excluding hydrogens is 1550 g/mol. The highest BCUT2D eigenvalue weighted by molar-refractivity contribution is 6.14. The number of hydrogen-bond donors (Lipinski definition) is 2. The van der Waals surface area contributed by atoms with Crippen molar-refractivity contribution >= 4 is 58.9 Å². The monoisotopic (exact) mass is 1710 g/mol. The van der Waals surface area contributed by atoms with Crippen molar-refractivity contribution in [2.75, 3.05) is 26.4 Å². The van der Waals surface area contributed by atoms with Crippen LogP contribution in [0.2, 0.25) is 0 Å². The highest BCUT2D eigenvalue weighted by atomic mass is 16.6. The molecule has 2 aliphatic rings. The summed E-state index contributed by atoms with van der Waals surface area (Å²) in [5, 5.41) is 19.8. The second-order valence-electron chi connectivity index (χ2n) is 36.0. The van der Waals surface area contributed by atoms with Gasteiger partial charge in [0.05, 0.1) is 55.0 Å². The molecule has 4 aromatic carbocycles. The van der Waals surface area contributed by atoms with E-state index >= 15 is 0 Å². The van der Waals surface area contributed by atoms with Crippen LogP contribution in [-0.4, -0.2) is 95.6 Å². The Labute approximate surface area is 741 Å². The van der Waals surface area contributed by atoms with E-state index in [1.807, 2.05) is 45.0 Å². The maximum Gasteiger partial charge on any atom is 0.317 e. The minimum absolute atomic E-state index is 0.0000186. The molecule has 2 heterocycles. The summed E-state index contributed by atoms with van der Waals surface area (Å²) in [4.78, 5) is 126. The number of ketones is 4. The summed E-state index contributed by atoms with van der Waals surface area (Å²) in [5.41, 5.74) is 3.98. The van der Waals surface area contributed by atoms with Crippen molar-refractivity contribution in [1.82, 2.24) is 0 Å². The average molecular weight is 1710 g/mol. The maximum absolute atomic E-state index is 14.3. The van der Waals surface area contributed by atoms with Crippen LogP contribution in [0.4, 0.5) is 0 Å². The number of benzene rings is 4. The smallest absolute Gasteiger partial charge is 0.317 e. The van der Waals surface area contributed by atoms with Crippen LogP contribution in [0.5, 0.6) is 11.5 Å². The fourth-order valence-electron chi connectivity index (χ4n) is 17.0. The predicted octanol–water partition coefficient (Wildman–Crippen LogP) is 26.8. The highest BCUT2D eigenvalue weighted by Crippen LogP contribution is 2.41. The molecule has 0 amide bonds. The molecule has 4 aromatic rings. The number of ether oxygens (including phenoxy) is 5. The summed E-state index contributed by atoms with van der Waals surface area (Å²) >= 11 is 0. The largest absolute Gasteiger partial charge is 0.491 e. The standard InChI is InChI=1S/C64H100O10.C24H44O3.C18H18O4/c1-6-8-10-12-14-16-18-20-22-24-26-28-30-32-34-50(4)46-57(63(70)73-45-44-72-55-42-40-53(41-43-55)59(66)48-58(65)52-38-36-49(3)37-39-52)60(61(67)68)54(47-56-51(5)62(69)74-64(56)71)35-33-31-29-27-25-23-21-19-17-15-13-11-9-7-2;1-4-5-6-7-8-9-10-11-12-13-14-15-16-17-18-20(2)19-22-21(3)23(25)27-24(22)26;1-13-2-4-14(5-3-13)17(20)12-18(21)15-6-8-16(9-7-15)22-11-10-19/h36-43,50-51,54,56-57,60H,6-35,44-48H2,1-5H3,(H,67,68);20-22H,4-19H2,1-3H3;2-9,19H,10-12H2,1H3. The highest BCUT2D eigenvalue weighted by Gasteiger charge is 2.47. The third-order valence-corrected chi connectivity index (χ3v) is 25.1. The number of cyclic esters (lactones) is 4. The van der Waals surface area contributed by atoms with Gasteiger partial charge in [-0.1, -0.05) is 391 Å². The molecule has 2 aliphatic heterocycles. The molecule has 0 aliphatic carbocycles.